The van der Waals surface area contributed by atoms with Gasteiger partial charge >= 0.3 is 5.97 Å². The van der Waals surface area contributed by atoms with E-state index in [4.69, 9.17) is 10.5 Å². The van der Waals surface area contributed by atoms with E-state index in [-0.39, 0.29) is 17.7 Å². The first-order chi connectivity index (χ1) is 13.4. The van der Waals surface area contributed by atoms with Crippen molar-refractivity contribution in [1.29, 1.82) is 0 Å². The number of nitrogens with one attached hydrogen (secondary N) is 2. The van der Waals surface area contributed by atoms with Crippen LogP contribution in [0.15, 0.2) is 24.3 Å². The minimum absolute atomic E-state index is 0.165. The molecule has 0 aromatic heterocycles. The van der Waals surface area contributed by atoms with E-state index >= 15 is 0 Å². The predicted octanol–water partition coefficient (Wildman–Crippen LogP) is 2.14. The fourth-order valence-electron chi connectivity index (χ4n) is 3.52. The molecule has 1 fully saturated rings. The van der Waals surface area contributed by atoms with Crippen LogP contribution in [0, 0.1) is 5.92 Å². The van der Waals surface area contributed by atoms with Gasteiger partial charge in [-0.2, -0.15) is 0 Å². The molecule has 1 aliphatic carbocycles. The van der Waals surface area contributed by atoms with Gasteiger partial charge in [-0.25, -0.2) is 4.79 Å². The van der Waals surface area contributed by atoms with Crippen molar-refractivity contribution < 1.29 is 19.1 Å². The molecule has 1 aromatic carbocycles. The van der Waals surface area contributed by atoms with Crippen LogP contribution in [-0.4, -0.2) is 37.0 Å². The maximum atomic E-state index is 12.4. The molecule has 0 heterocycles. The van der Waals surface area contributed by atoms with Crippen molar-refractivity contribution in [2.75, 3.05) is 12.4 Å². The van der Waals surface area contributed by atoms with Crippen LogP contribution in [0.5, 0.6) is 0 Å². The average molecular weight is 389 g/mol. The molecule has 2 rings (SSSR count). The van der Waals surface area contributed by atoms with Crippen molar-refractivity contribution >= 4 is 23.5 Å². The summed E-state index contributed by atoms with van der Waals surface area (Å²) in [5.74, 6) is -0.619. The summed E-state index contributed by atoms with van der Waals surface area (Å²) < 4.78 is 4.77. The lowest BCUT2D eigenvalue weighted by Gasteiger charge is -2.26. The third-order valence-corrected chi connectivity index (χ3v) is 5.26. The molecule has 7 nitrogen and oxygen atoms in total. The number of methoxy groups -OCH3 is 1. The van der Waals surface area contributed by atoms with Gasteiger partial charge < -0.3 is 21.1 Å². The molecule has 0 saturated heterocycles. The number of esters is 1. The molecule has 1 aromatic rings. The number of anilines is 1. The number of amides is 2. The monoisotopic (exact) mass is 389 g/mol. The fraction of sp³-hybridized carbons (Fsp3) is 0.571. The second-order valence-electron chi connectivity index (χ2n) is 7.31. The summed E-state index contributed by atoms with van der Waals surface area (Å²) in [6.45, 7) is 1.72. The van der Waals surface area contributed by atoms with Crippen LogP contribution in [0.1, 0.15) is 51.0 Å². The molecule has 28 heavy (non-hydrogen) atoms. The van der Waals surface area contributed by atoms with Crippen LogP contribution in [0.2, 0.25) is 0 Å². The summed E-state index contributed by atoms with van der Waals surface area (Å²) in [6, 6.07) is 5.95. The van der Waals surface area contributed by atoms with E-state index in [1.165, 1.54) is 13.5 Å². The summed E-state index contributed by atoms with van der Waals surface area (Å²) >= 11 is 0. The van der Waals surface area contributed by atoms with Crippen molar-refractivity contribution in [2.45, 2.75) is 64.0 Å². The molecular formula is C21H31N3O4. The highest BCUT2D eigenvalue weighted by molar-refractivity contribution is 5.94. The maximum Gasteiger partial charge on any atom is 0.328 e. The Morgan fingerprint density at radius 2 is 1.79 bits per heavy atom. The van der Waals surface area contributed by atoms with Crippen LogP contribution < -0.4 is 16.4 Å². The summed E-state index contributed by atoms with van der Waals surface area (Å²) in [6.07, 6.45) is 6.11. The van der Waals surface area contributed by atoms with E-state index in [9.17, 15) is 14.4 Å². The fourth-order valence-corrected chi connectivity index (χ4v) is 3.52. The normalized spacial score (nSPS) is 16.7. The Balaban J connectivity index is 1.94. The van der Waals surface area contributed by atoms with Crippen LogP contribution in [0.4, 0.5) is 5.69 Å². The lowest BCUT2D eigenvalue weighted by atomic mass is 9.84. The number of carbonyl (C=O) groups excluding carboxylic acids is 3. The van der Waals surface area contributed by atoms with E-state index in [2.05, 4.69) is 10.6 Å². The first-order valence-corrected chi connectivity index (χ1v) is 9.97. The number of benzene rings is 1. The second-order valence-corrected chi connectivity index (χ2v) is 7.31. The largest absolute Gasteiger partial charge is 0.467 e. The van der Waals surface area contributed by atoms with Gasteiger partial charge in [0.2, 0.25) is 11.8 Å². The van der Waals surface area contributed by atoms with Crippen LogP contribution in [-0.2, 0) is 25.5 Å². The van der Waals surface area contributed by atoms with Gasteiger partial charge in [0.1, 0.15) is 6.04 Å². The Bertz CT molecular complexity index is 669. The summed E-state index contributed by atoms with van der Waals surface area (Å²) in [4.78, 5) is 35.9. The van der Waals surface area contributed by atoms with Gasteiger partial charge in [0.05, 0.1) is 13.2 Å². The van der Waals surface area contributed by atoms with Gasteiger partial charge in [-0.05, 0) is 36.5 Å². The molecule has 0 spiro atoms. The number of hydrogen-bond donors (Lipinski definition) is 3. The van der Waals surface area contributed by atoms with Crippen molar-refractivity contribution in [3.05, 3.63) is 29.8 Å². The summed E-state index contributed by atoms with van der Waals surface area (Å²) in [7, 11) is 1.29. The molecule has 154 valence electrons. The highest BCUT2D eigenvalue weighted by Crippen LogP contribution is 2.26. The SMILES string of the molecule is CCC(=O)N[C@H](Cc1ccc(NC(=O)[C@@H](N)C2CCCCC2)cc1)C(=O)OC. The van der Waals surface area contributed by atoms with Crippen LogP contribution >= 0.6 is 0 Å². The second kappa shape index (κ2) is 10.8. The predicted molar refractivity (Wildman–Crippen MR) is 108 cm³/mol. The number of rotatable bonds is 8. The summed E-state index contributed by atoms with van der Waals surface area (Å²) in [5.41, 5.74) is 7.65. The van der Waals surface area contributed by atoms with Crippen molar-refractivity contribution in [3.63, 3.8) is 0 Å². The highest BCUT2D eigenvalue weighted by atomic mass is 16.5. The lowest BCUT2D eigenvalue weighted by molar-refractivity contribution is -0.145. The minimum Gasteiger partial charge on any atom is -0.467 e. The third-order valence-electron chi connectivity index (χ3n) is 5.26. The van der Waals surface area contributed by atoms with E-state index in [0.717, 1.165) is 31.2 Å². The molecule has 7 heteroatoms. The minimum atomic E-state index is -0.738. The molecule has 0 aliphatic heterocycles. The van der Waals surface area contributed by atoms with Gasteiger partial charge in [0, 0.05) is 18.5 Å². The van der Waals surface area contributed by atoms with Gasteiger partial charge in [-0.1, -0.05) is 38.3 Å². The molecule has 0 unspecified atom stereocenters. The van der Waals surface area contributed by atoms with Crippen LogP contribution in [0.3, 0.4) is 0 Å². The molecule has 0 radical (unpaired) electrons. The Hall–Kier alpha value is -2.41. The van der Waals surface area contributed by atoms with E-state index in [0.29, 0.717) is 18.5 Å². The molecule has 2 atom stereocenters. The standard InChI is InChI=1S/C21H31N3O4/c1-3-18(25)24-17(21(27)28-2)13-14-9-11-16(12-10-14)23-20(26)19(22)15-7-5-4-6-8-15/h9-12,15,17,19H,3-8,13,22H2,1-2H3,(H,23,26)(H,24,25)/t17-,19+/m1/s1. The van der Waals surface area contributed by atoms with E-state index < -0.39 is 18.1 Å². The topological polar surface area (TPSA) is 111 Å². The number of ether oxygens (including phenoxy) is 1. The Morgan fingerprint density at radius 3 is 2.36 bits per heavy atom. The molecule has 1 saturated carbocycles. The molecule has 1 aliphatic rings. The Labute approximate surface area is 166 Å². The zero-order valence-electron chi connectivity index (χ0n) is 16.7. The quantitative estimate of drug-likeness (QED) is 0.590. The van der Waals surface area contributed by atoms with Crippen molar-refractivity contribution in [1.82, 2.24) is 5.32 Å². The first kappa shape index (κ1) is 21.9. The average Bonchev–Trinajstić information content (AvgIpc) is 2.73. The van der Waals surface area contributed by atoms with Crippen molar-refractivity contribution in [3.8, 4) is 0 Å². The Morgan fingerprint density at radius 1 is 1.14 bits per heavy atom. The number of nitrogens with two attached hydrogens (primary N) is 1. The third kappa shape index (κ3) is 6.34. The maximum absolute atomic E-state index is 12.4. The zero-order chi connectivity index (χ0) is 20.5. The zero-order valence-corrected chi connectivity index (χ0v) is 16.7. The van der Waals surface area contributed by atoms with Gasteiger partial charge in [0.25, 0.3) is 0 Å². The van der Waals surface area contributed by atoms with Crippen molar-refractivity contribution in [2.24, 2.45) is 11.7 Å². The molecule has 4 N–H and O–H groups in total. The molecular weight excluding hydrogens is 358 g/mol. The van der Waals surface area contributed by atoms with E-state index in [1.807, 2.05) is 12.1 Å². The number of hydrogen-bond acceptors (Lipinski definition) is 5. The van der Waals surface area contributed by atoms with Crippen LogP contribution in [0.25, 0.3) is 0 Å². The Kier molecular flexibility index (Phi) is 8.44. The van der Waals surface area contributed by atoms with E-state index in [1.54, 1.807) is 19.1 Å². The smallest absolute Gasteiger partial charge is 0.328 e. The molecule has 0 bridgehead atoms. The number of carbonyl (C=O) groups is 3. The lowest BCUT2D eigenvalue weighted by Crippen LogP contribution is -2.43. The van der Waals surface area contributed by atoms with Gasteiger partial charge in [0.15, 0.2) is 0 Å². The molecule has 2 amide bonds. The van der Waals surface area contributed by atoms with Gasteiger partial charge in [-0.3, -0.25) is 9.59 Å². The summed E-state index contributed by atoms with van der Waals surface area (Å²) in [5, 5.41) is 5.53. The highest BCUT2D eigenvalue weighted by Gasteiger charge is 2.26. The first-order valence-electron chi connectivity index (χ1n) is 9.97. The van der Waals surface area contributed by atoms with Gasteiger partial charge in [-0.15, -0.1) is 0 Å².